The SMILES string of the molecule is CC1CO[SiH](C(S)C(C)C)OC1. The van der Waals surface area contributed by atoms with E-state index in [-0.39, 0.29) is 0 Å². The van der Waals surface area contributed by atoms with E-state index in [0.29, 0.717) is 16.7 Å². The van der Waals surface area contributed by atoms with Gasteiger partial charge in [0.25, 0.3) is 0 Å². The number of hydrogen-bond acceptors (Lipinski definition) is 3. The predicted molar refractivity (Wildman–Crippen MR) is 55.8 cm³/mol. The molecule has 2 nitrogen and oxygen atoms in total. The van der Waals surface area contributed by atoms with Crippen LogP contribution in [-0.4, -0.2) is 27.4 Å². The van der Waals surface area contributed by atoms with E-state index in [9.17, 15) is 0 Å². The summed E-state index contributed by atoms with van der Waals surface area (Å²) in [6.45, 7) is 8.19. The van der Waals surface area contributed by atoms with Gasteiger partial charge < -0.3 is 8.85 Å². The topological polar surface area (TPSA) is 18.5 Å². The van der Waals surface area contributed by atoms with Crippen LogP contribution in [0.4, 0.5) is 0 Å². The highest BCUT2D eigenvalue weighted by Gasteiger charge is 2.30. The van der Waals surface area contributed by atoms with Crippen molar-refractivity contribution < 1.29 is 8.85 Å². The summed E-state index contributed by atoms with van der Waals surface area (Å²) in [4.78, 5) is 0.331. The van der Waals surface area contributed by atoms with Gasteiger partial charge >= 0.3 is 9.28 Å². The van der Waals surface area contributed by atoms with Crippen LogP contribution in [0.15, 0.2) is 0 Å². The van der Waals surface area contributed by atoms with E-state index >= 15 is 0 Å². The average molecular weight is 206 g/mol. The van der Waals surface area contributed by atoms with Crippen LogP contribution in [0.1, 0.15) is 20.8 Å². The van der Waals surface area contributed by atoms with Gasteiger partial charge in [0.05, 0.1) is 0 Å². The summed E-state index contributed by atoms with van der Waals surface area (Å²) in [5.74, 6) is 1.11. The third-order valence-electron chi connectivity index (χ3n) is 2.05. The Balaban J connectivity index is 2.34. The molecule has 1 aliphatic heterocycles. The fourth-order valence-corrected chi connectivity index (χ4v) is 3.80. The molecular formula is C8H18O2SSi. The van der Waals surface area contributed by atoms with Gasteiger partial charge in [0.1, 0.15) is 0 Å². The van der Waals surface area contributed by atoms with Gasteiger partial charge in [-0.3, -0.25) is 0 Å². The van der Waals surface area contributed by atoms with Gasteiger partial charge in [-0.2, -0.15) is 12.6 Å². The Labute approximate surface area is 81.9 Å². The molecule has 0 amide bonds. The number of thiol groups is 1. The minimum absolute atomic E-state index is 0.331. The van der Waals surface area contributed by atoms with E-state index in [1.807, 2.05) is 0 Å². The first kappa shape index (κ1) is 10.6. The summed E-state index contributed by atoms with van der Waals surface area (Å²) >= 11 is 4.51. The van der Waals surface area contributed by atoms with E-state index in [2.05, 4.69) is 33.4 Å². The van der Waals surface area contributed by atoms with Crippen molar-refractivity contribution in [1.29, 1.82) is 0 Å². The molecule has 1 atom stereocenters. The lowest BCUT2D eigenvalue weighted by atomic mass is 10.2. The van der Waals surface area contributed by atoms with Crippen molar-refractivity contribution in [2.24, 2.45) is 11.8 Å². The van der Waals surface area contributed by atoms with Crippen LogP contribution < -0.4 is 0 Å². The Hall–Kier alpha value is 0.487. The standard InChI is InChI=1S/C8H18O2SSi/c1-6(2)8(11)12-9-4-7(3)5-10-12/h6-8,11-12H,4-5H2,1-3H3. The maximum Gasteiger partial charge on any atom is 0.334 e. The third-order valence-corrected chi connectivity index (χ3v) is 5.75. The van der Waals surface area contributed by atoms with Crippen molar-refractivity contribution >= 4 is 21.9 Å². The summed E-state index contributed by atoms with van der Waals surface area (Å²) in [6, 6.07) is 0. The van der Waals surface area contributed by atoms with E-state index in [0.717, 1.165) is 13.2 Å². The zero-order chi connectivity index (χ0) is 9.14. The monoisotopic (exact) mass is 206 g/mol. The van der Waals surface area contributed by atoms with Gasteiger partial charge in [-0.05, 0) is 5.92 Å². The molecule has 1 saturated heterocycles. The molecule has 0 bridgehead atoms. The zero-order valence-corrected chi connectivity index (χ0v) is 10.0. The van der Waals surface area contributed by atoms with Gasteiger partial charge in [0, 0.05) is 24.0 Å². The van der Waals surface area contributed by atoms with E-state index in [1.54, 1.807) is 0 Å². The van der Waals surface area contributed by atoms with Crippen LogP contribution in [0, 0.1) is 11.8 Å². The summed E-state index contributed by atoms with van der Waals surface area (Å²) in [6.07, 6.45) is 0. The number of hydrogen-bond donors (Lipinski definition) is 1. The van der Waals surface area contributed by atoms with Crippen LogP contribution in [0.2, 0.25) is 0 Å². The van der Waals surface area contributed by atoms with Crippen molar-refractivity contribution in [3.63, 3.8) is 0 Å². The maximum atomic E-state index is 5.65. The minimum Gasteiger partial charge on any atom is -0.396 e. The van der Waals surface area contributed by atoms with Crippen molar-refractivity contribution in [3.05, 3.63) is 0 Å². The largest absolute Gasteiger partial charge is 0.396 e. The molecule has 0 radical (unpaired) electrons. The smallest absolute Gasteiger partial charge is 0.334 e. The highest BCUT2D eigenvalue weighted by molar-refractivity contribution is 7.82. The molecule has 72 valence electrons. The van der Waals surface area contributed by atoms with Crippen molar-refractivity contribution in [2.45, 2.75) is 25.6 Å². The quantitative estimate of drug-likeness (QED) is 0.543. The second-order valence-electron chi connectivity index (χ2n) is 3.87. The van der Waals surface area contributed by atoms with Gasteiger partial charge in [0.15, 0.2) is 0 Å². The minimum atomic E-state index is -1.45. The molecule has 1 fully saturated rings. The summed E-state index contributed by atoms with van der Waals surface area (Å²) in [7, 11) is -1.45. The van der Waals surface area contributed by atoms with E-state index in [1.165, 1.54) is 0 Å². The Morgan fingerprint density at radius 3 is 2.25 bits per heavy atom. The molecule has 1 unspecified atom stereocenters. The summed E-state index contributed by atoms with van der Waals surface area (Å²) in [5.41, 5.74) is 0. The van der Waals surface area contributed by atoms with Crippen LogP contribution in [0.25, 0.3) is 0 Å². The molecule has 1 aliphatic rings. The molecule has 0 aliphatic carbocycles. The third kappa shape index (κ3) is 2.76. The molecule has 4 heteroatoms. The highest BCUT2D eigenvalue weighted by atomic mass is 32.1. The fraction of sp³-hybridized carbons (Fsp3) is 1.00. The average Bonchev–Trinajstić information content (AvgIpc) is 2.04. The Morgan fingerprint density at radius 2 is 1.83 bits per heavy atom. The lowest BCUT2D eigenvalue weighted by Gasteiger charge is -2.31. The molecule has 0 aromatic heterocycles. The first-order chi connectivity index (χ1) is 5.61. The van der Waals surface area contributed by atoms with Crippen molar-refractivity contribution in [2.75, 3.05) is 13.2 Å². The lowest BCUT2D eigenvalue weighted by Crippen LogP contribution is -2.43. The molecule has 0 saturated carbocycles. The van der Waals surface area contributed by atoms with Crippen LogP contribution in [0.3, 0.4) is 0 Å². The predicted octanol–water partition coefficient (Wildman–Crippen LogP) is 1.38. The van der Waals surface area contributed by atoms with Crippen molar-refractivity contribution in [1.82, 2.24) is 0 Å². The highest BCUT2D eigenvalue weighted by Crippen LogP contribution is 2.18. The second-order valence-corrected chi connectivity index (χ2v) is 7.15. The second kappa shape index (κ2) is 4.65. The number of rotatable bonds is 2. The first-order valence-corrected chi connectivity index (χ1v) is 6.65. The molecule has 1 heterocycles. The van der Waals surface area contributed by atoms with Crippen LogP contribution in [0.5, 0.6) is 0 Å². The maximum absolute atomic E-state index is 5.65. The molecular weight excluding hydrogens is 188 g/mol. The first-order valence-electron chi connectivity index (χ1n) is 4.52. The molecule has 1 rings (SSSR count). The van der Waals surface area contributed by atoms with Crippen molar-refractivity contribution in [3.8, 4) is 0 Å². The van der Waals surface area contributed by atoms with Gasteiger partial charge in [-0.25, -0.2) is 0 Å². The van der Waals surface area contributed by atoms with E-state index in [4.69, 9.17) is 8.85 Å². The van der Waals surface area contributed by atoms with Gasteiger partial charge in [0.2, 0.25) is 0 Å². The molecule has 0 aromatic carbocycles. The van der Waals surface area contributed by atoms with Crippen LogP contribution in [-0.2, 0) is 8.85 Å². The normalized spacial score (nSPS) is 33.8. The van der Waals surface area contributed by atoms with E-state index < -0.39 is 9.28 Å². The Morgan fingerprint density at radius 1 is 1.33 bits per heavy atom. The van der Waals surface area contributed by atoms with Crippen LogP contribution >= 0.6 is 12.6 Å². The summed E-state index contributed by atoms with van der Waals surface area (Å²) in [5, 5.41) is 0. The molecule has 0 spiro atoms. The molecule has 0 N–H and O–H groups in total. The molecule has 12 heavy (non-hydrogen) atoms. The Bertz CT molecular complexity index is 135. The van der Waals surface area contributed by atoms with Gasteiger partial charge in [-0.1, -0.05) is 20.8 Å². The summed E-state index contributed by atoms with van der Waals surface area (Å²) < 4.78 is 11.3. The van der Waals surface area contributed by atoms with Gasteiger partial charge in [-0.15, -0.1) is 0 Å². The zero-order valence-electron chi connectivity index (χ0n) is 7.99. The fourth-order valence-electron chi connectivity index (χ4n) is 1.13. The Kier molecular flexibility index (Phi) is 4.09. The lowest BCUT2D eigenvalue weighted by molar-refractivity contribution is 0.0850. The molecule has 0 aromatic rings.